The smallest absolute Gasteiger partial charge is 0.180 e. The highest BCUT2D eigenvalue weighted by atomic mass is 16.5. The molecule has 5 heteroatoms. The van der Waals surface area contributed by atoms with Crippen LogP contribution >= 0.6 is 0 Å². The molecule has 10 heavy (non-hydrogen) atoms. The maximum atomic E-state index is 8.75. The Hall–Kier alpha value is -0.200. The SMILES string of the molecule is C[C@@H](O)C(O)[C@@H](O)C(O)O. The first-order valence-corrected chi connectivity index (χ1v) is 2.87. The van der Waals surface area contributed by atoms with Gasteiger partial charge in [-0.25, -0.2) is 0 Å². The zero-order valence-corrected chi connectivity index (χ0v) is 5.55. The second kappa shape index (κ2) is 3.85. The minimum Gasteiger partial charge on any atom is -0.391 e. The molecule has 1 unspecified atom stereocenters. The van der Waals surface area contributed by atoms with Gasteiger partial charge in [0.1, 0.15) is 12.2 Å². The van der Waals surface area contributed by atoms with Gasteiger partial charge in [0.2, 0.25) is 0 Å². The van der Waals surface area contributed by atoms with Gasteiger partial charge in [-0.05, 0) is 6.92 Å². The summed E-state index contributed by atoms with van der Waals surface area (Å²) in [5.74, 6) is 0. The van der Waals surface area contributed by atoms with Gasteiger partial charge in [0.05, 0.1) is 6.10 Å². The van der Waals surface area contributed by atoms with E-state index in [4.69, 9.17) is 25.5 Å². The molecule has 0 spiro atoms. The van der Waals surface area contributed by atoms with Crippen molar-refractivity contribution in [2.75, 3.05) is 0 Å². The first-order chi connectivity index (χ1) is 4.46. The molecule has 0 amide bonds. The van der Waals surface area contributed by atoms with Crippen molar-refractivity contribution in [1.82, 2.24) is 0 Å². The molecule has 0 aliphatic rings. The summed E-state index contributed by atoms with van der Waals surface area (Å²) in [5.41, 5.74) is 0. The summed E-state index contributed by atoms with van der Waals surface area (Å²) in [6, 6.07) is 0. The van der Waals surface area contributed by atoms with Gasteiger partial charge >= 0.3 is 0 Å². The van der Waals surface area contributed by atoms with Crippen LogP contribution in [0.2, 0.25) is 0 Å². The Morgan fingerprint density at radius 3 is 1.30 bits per heavy atom. The van der Waals surface area contributed by atoms with E-state index in [0.29, 0.717) is 0 Å². The molecule has 3 atom stereocenters. The molecule has 5 N–H and O–H groups in total. The summed E-state index contributed by atoms with van der Waals surface area (Å²) >= 11 is 0. The minimum atomic E-state index is -2.02. The van der Waals surface area contributed by atoms with Gasteiger partial charge in [-0.1, -0.05) is 0 Å². The lowest BCUT2D eigenvalue weighted by Crippen LogP contribution is -2.43. The normalized spacial score (nSPS) is 20.7. The molecule has 62 valence electrons. The van der Waals surface area contributed by atoms with Crippen LogP contribution in [0.15, 0.2) is 0 Å². The van der Waals surface area contributed by atoms with E-state index < -0.39 is 24.6 Å². The van der Waals surface area contributed by atoms with Crippen LogP contribution in [0, 0.1) is 0 Å². The fraction of sp³-hybridized carbons (Fsp3) is 1.00. The Balaban J connectivity index is 3.81. The first kappa shape index (κ1) is 9.80. The third kappa shape index (κ3) is 2.59. The van der Waals surface area contributed by atoms with E-state index in [2.05, 4.69) is 0 Å². The molecule has 0 heterocycles. The molecule has 0 aromatic heterocycles. The fourth-order valence-electron chi connectivity index (χ4n) is 0.462. The highest BCUT2D eigenvalue weighted by molar-refractivity contribution is 4.72. The maximum absolute atomic E-state index is 8.75. The quantitative estimate of drug-likeness (QED) is 0.285. The predicted molar refractivity (Wildman–Crippen MR) is 31.9 cm³/mol. The average Bonchev–Trinajstić information content (AvgIpc) is 1.84. The summed E-state index contributed by atoms with van der Waals surface area (Å²) in [4.78, 5) is 0. The standard InChI is InChI=1S/C5H12O5/c1-2(6)3(7)4(8)5(9)10/h2-10H,1H3/t2-,3?,4-/m1/s1. The second-order valence-electron chi connectivity index (χ2n) is 2.14. The highest BCUT2D eigenvalue weighted by Crippen LogP contribution is 2.01. The van der Waals surface area contributed by atoms with Crippen LogP contribution in [0.1, 0.15) is 6.92 Å². The van der Waals surface area contributed by atoms with Crippen molar-refractivity contribution in [3.8, 4) is 0 Å². The van der Waals surface area contributed by atoms with Crippen LogP contribution in [0.25, 0.3) is 0 Å². The van der Waals surface area contributed by atoms with Crippen LogP contribution in [0.3, 0.4) is 0 Å². The van der Waals surface area contributed by atoms with E-state index in [1.807, 2.05) is 0 Å². The molecule has 5 nitrogen and oxygen atoms in total. The average molecular weight is 152 g/mol. The molecule has 0 aromatic carbocycles. The van der Waals surface area contributed by atoms with Crippen LogP contribution in [0.5, 0.6) is 0 Å². The number of hydrogen-bond donors (Lipinski definition) is 5. The molecule has 0 rings (SSSR count). The maximum Gasteiger partial charge on any atom is 0.180 e. The zero-order chi connectivity index (χ0) is 8.31. The Bertz CT molecular complexity index is 80.0. The summed E-state index contributed by atoms with van der Waals surface area (Å²) in [6.07, 6.45) is -6.46. The van der Waals surface area contributed by atoms with Gasteiger partial charge in [-0.3, -0.25) is 0 Å². The van der Waals surface area contributed by atoms with Crippen LogP contribution < -0.4 is 0 Å². The van der Waals surface area contributed by atoms with E-state index >= 15 is 0 Å². The van der Waals surface area contributed by atoms with Gasteiger partial charge in [-0.2, -0.15) is 0 Å². The Morgan fingerprint density at radius 2 is 1.20 bits per heavy atom. The van der Waals surface area contributed by atoms with Gasteiger partial charge in [0, 0.05) is 0 Å². The molecule has 0 radical (unpaired) electrons. The lowest BCUT2D eigenvalue weighted by molar-refractivity contribution is -0.174. The second-order valence-corrected chi connectivity index (χ2v) is 2.14. The first-order valence-electron chi connectivity index (χ1n) is 2.87. The van der Waals surface area contributed by atoms with Gasteiger partial charge in [0.25, 0.3) is 0 Å². The van der Waals surface area contributed by atoms with Crippen molar-refractivity contribution in [2.24, 2.45) is 0 Å². The topological polar surface area (TPSA) is 101 Å². The highest BCUT2D eigenvalue weighted by Gasteiger charge is 2.26. The third-order valence-electron chi connectivity index (χ3n) is 1.15. The Kier molecular flexibility index (Phi) is 3.77. The molecular weight excluding hydrogens is 140 g/mol. The van der Waals surface area contributed by atoms with Crippen LogP contribution in [-0.2, 0) is 0 Å². The Morgan fingerprint density at radius 1 is 0.800 bits per heavy atom. The van der Waals surface area contributed by atoms with Crippen molar-refractivity contribution >= 4 is 0 Å². The molecule has 0 aromatic rings. The molecular formula is C5H12O5. The van der Waals surface area contributed by atoms with Gasteiger partial charge in [-0.15, -0.1) is 0 Å². The van der Waals surface area contributed by atoms with Crippen molar-refractivity contribution in [3.05, 3.63) is 0 Å². The largest absolute Gasteiger partial charge is 0.391 e. The minimum absolute atomic E-state index is 1.18. The summed E-state index contributed by atoms with van der Waals surface area (Å²) in [5, 5.41) is 42.6. The number of aliphatic hydroxyl groups excluding tert-OH is 4. The summed E-state index contributed by atoms with van der Waals surface area (Å²) in [7, 11) is 0. The fourth-order valence-corrected chi connectivity index (χ4v) is 0.462. The molecule has 0 aliphatic heterocycles. The van der Waals surface area contributed by atoms with E-state index in [0.717, 1.165) is 0 Å². The molecule has 0 saturated carbocycles. The van der Waals surface area contributed by atoms with Crippen LogP contribution in [0.4, 0.5) is 0 Å². The number of hydrogen-bond acceptors (Lipinski definition) is 5. The number of rotatable bonds is 3. The number of aliphatic hydroxyl groups is 5. The third-order valence-corrected chi connectivity index (χ3v) is 1.15. The van der Waals surface area contributed by atoms with Gasteiger partial charge < -0.3 is 25.5 Å². The zero-order valence-electron chi connectivity index (χ0n) is 5.55. The van der Waals surface area contributed by atoms with Crippen molar-refractivity contribution < 1.29 is 25.5 Å². The van der Waals surface area contributed by atoms with Crippen molar-refractivity contribution in [1.29, 1.82) is 0 Å². The van der Waals surface area contributed by atoms with Crippen molar-refractivity contribution in [3.63, 3.8) is 0 Å². The lowest BCUT2D eigenvalue weighted by atomic mass is 10.1. The van der Waals surface area contributed by atoms with Crippen molar-refractivity contribution in [2.45, 2.75) is 31.5 Å². The molecule has 0 bridgehead atoms. The monoisotopic (exact) mass is 152 g/mol. The van der Waals surface area contributed by atoms with E-state index in [1.54, 1.807) is 0 Å². The van der Waals surface area contributed by atoms with Gasteiger partial charge in [0.15, 0.2) is 6.29 Å². The molecule has 0 fully saturated rings. The van der Waals surface area contributed by atoms with E-state index in [-0.39, 0.29) is 0 Å². The summed E-state index contributed by atoms with van der Waals surface area (Å²) in [6.45, 7) is 1.23. The van der Waals surface area contributed by atoms with E-state index in [9.17, 15) is 0 Å². The van der Waals surface area contributed by atoms with E-state index in [1.165, 1.54) is 6.92 Å². The molecule has 0 aliphatic carbocycles. The predicted octanol–water partition coefficient (Wildman–Crippen LogP) is -2.60. The van der Waals surface area contributed by atoms with Crippen LogP contribution in [-0.4, -0.2) is 50.1 Å². The Labute approximate surface area is 58.2 Å². The lowest BCUT2D eigenvalue weighted by Gasteiger charge is -2.20. The summed E-state index contributed by atoms with van der Waals surface area (Å²) < 4.78 is 0. The molecule has 0 saturated heterocycles.